The molecule has 0 fully saturated rings. The predicted octanol–water partition coefficient (Wildman–Crippen LogP) is 10.5. The van der Waals surface area contributed by atoms with Crippen molar-refractivity contribution in [3.05, 3.63) is 29.8 Å². The molecule has 1 aromatic rings. The SMILES string of the molecule is CCCCCCCCCCCCCCCCCCCCCCCCc1ccc(O)cc1. The highest BCUT2D eigenvalue weighted by Gasteiger charge is 1.97. The quantitative estimate of drug-likeness (QED) is 0.171. The van der Waals surface area contributed by atoms with Gasteiger partial charge in [-0.05, 0) is 30.5 Å². The fourth-order valence-corrected chi connectivity index (χ4v) is 4.60. The number of rotatable bonds is 23. The van der Waals surface area contributed by atoms with Gasteiger partial charge in [0, 0.05) is 0 Å². The smallest absolute Gasteiger partial charge is 0.115 e. The van der Waals surface area contributed by atoms with Crippen LogP contribution in [-0.4, -0.2) is 5.11 Å². The summed E-state index contributed by atoms with van der Waals surface area (Å²) in [5, 5.41) is 9.31. The Kier molecular flexibility index (Phi) is 20.1. The molecule has 1 nitrogen and oxygen atoms in total. The highest BCUT2D eigenvalue weighted by molar-refractivity contribution is 5.25. The molecule has 31 heavy (non-hydrogen) atoms. The largest absolute Gasteiger partial charge is 0.508 e. The van der Waals surface area contributed by atoms with E-state index in [2.05, 4.69) is 6.92 Å². The molecule has 0 amide bonds. The molecular weight excluding hydrogens is 376 g/mol. The first kappa shape index (κ1) is 28.1. The van der Waals surface area contributed by atoms with E-state index in [1.54, 1.807) is 12.1 Å². The van der Waals surface area contributed by atoms with Gasteiger partial charge in [-0.1, -0.05) is 154 Å². The molecule has 0 spiro atoms. The van der Waals surface area contributed by atoms with Gasteiger partial charge < -0.3 is 5.11 Å². The van der Waals surface area contributed by atoms with Gasteiger partial charge in [-0.25, -0.2) is 0 Å². The van der Waals surface area contributed by atoms with Crippen LogP contribution in [-0.2, 0) is 6.42 Å². The molecule has 180 valence electrons. The van der Waals surface area contributed by atoms with E-state index in [1.807, 2.05) is 12.1 Å². The molecule has 0 aliphatic heterocycles. The first-order valence-electron chi connectivity index (χ1n) is 14.1. The van der Waals surface area contributed by atoms with Gasteiger partial charge in [-0.2, -0.15) is 0 Å². The molecular formula is C30H54O. The molecule has 1 rings (SSSR count). The minimum atomic E-state index is 0.373. The van der Waals surface area contributed by atoms with Gasteiger partial charge in [0.15, 0.2) is 0 Å². The topological polar surface area (TPSA) is 20.2 Å². The fourth-order valence-electron chi connectivity index (χ4n) is 4.60. The van der Waals surface area contributed by atoms with Gasteiger partial charge >= 0.3 is 0 Å². The van der Waals surface area contributed by atoms with Crippen molar-refractivity contribution in [2.75, 3.05) is 0 Å². The van der Waals surface area contributed by atoms with Crippen molar-refractivity contribution >= 4 is 0 Å². The third-order valence-corrected chi connectivity index (χ3v) is 6.76. The average molecular weight is 431 g/mol. The molecule has 0 atom stereocenters. The standard InChI is InChI=1S/C30H54O/c1-2-3-4-5-6-7-8-9-10-11-12-13-14-15-16-17-18-19-20-21-22-23-24-29-25-27-30(31)28-26-29/h25-28,31H,2-24H2,1H3. The van der Waals surface area contributed by atoms with Gasteiger partial charge in [0.05, 0.1) is 0 Å². The van der Waals surface area contributed by atoms with E-state index < -0.39 is 0 Å². The Morgan fingerprint density at radius 2 is 0.710 bits per heavy atom. The number of benzene rings is 1. The maximum atomic E-state index is 9.31. The van der Waals surface area contributed by atoms with E-state index >= 15 is 0 Å². The summed E-state index contributed by atoms with van der Waals surface area (Å²) in [6.07, 6.45) is 32.8. The van der Waals surface area contributed by atoms with E-state index in [-0.39, 0.29) is 0 Å². The van der Waals surface area contributed by atoms with E-state index in [0.717, 1.165) is 6.42 Å². The molecule has 0 aliphatic carbocycles. The molecule has 0 aromatic heterocycles. The highest BCUT2D eigenvalue weighted by Crippen LogP contribution is 2.16. The predicted molar refractivity (Wildman–Crippen MR) is 139 cm³/mol. The summed E-state index contributed by atoms with van der Waals surface area (Å²) < 4.78 is 0. The van der Waals surface area contributed by atoms with Gasteiger partial charge in [0.2, 0.25) is 0 Å². The van der Waals surface area contributed by atoms with Crippen LogP contribution in [0.25, 0.3) is 0 Å². The number of hydrogen-bond acceptors (Lipinski definition) is 1. The summed E-state index contributed by atoms with van der Waals surface area (Å²) in [4.78, 5) is 0. The third-order valence-electron chi connectivity index (χ3n) is 6.76. The summed E-state index contributed by atoms with van der Waals surface area (Å²) in [7, 11) is 0. The summed E-state index contributed by atoms with van der Waals surface area (Å²) in [6.45, 7) is 2.30. The van der Waals surface area contributed by atoms with E-state index in [0.29, 0.717) is 5.75 Å². The monoisotopic (exact) mass is 430 g/mol. The average Bonchev–Trinajstić information content (AvgIpc) is 2.78. The number of aromatic hydroxyl groups is 1. The minimum absolute atomic E-state index is 0.373. The van der Waals surface area contributed by atoms with Crippen LogP contribution in [0.2, 0.25) is 0 Å². The van der Waals surface area contributed by atoms with Crippen LogP contribution in [0, 0.1) is 0 Å². The molecule has 0 heterocycles. The second-order valence-corrected chi connectivity index (χ2v) is 9.84. The second kappa shape index (κ2) is 22.2. The van der Waals surface area contributed by atoms with Crippen molar-refractivity contribution in [3.8, 4) is 5.75 Å². The maximum absolute atomic E-state index is 9.31. The molecule has 0 radical (unpaired) electrons. The second-order valence-electron chi connectivity index (χ2n) is 9.84. The number of hydrogen-bond donors (Lipinski definition) is 1. The van der Waals surface area contributed by atoms with Crippen molar-refractivity contribution in [3.63, 3.8) is 0 Å². The van der Waals surface area contributed by atoms with Crippen molar-refractivity contribution in [2.45, 2.75) is 155 Å². The number of aryl methyl sites for hydroxylation is 1. The molecule has 0 aliphatic rings. The minimum Gasteiger partial charge on any atom is -0.508 e. The van der Waals surface area contributed by atoms with Crippen LogP contribution < -0.4 is 0 Å². The molecule has 1 heteroatoms. The Hall–Kier alpha value is -0.980. The number of unbranched alkanes of at least 4 members (excludes halogenated alkanes) is 21. The Morgan fingerprint density at radius 1 is 0.419 bits per heavy atom. The highest BCUT2D eigenvalue weighted by atomic mass is 16.3. The Balaban J connectivity index is 1.68. The van der Waals surface area contributed by atoms with Gasteiger partial charge in [-0.15, -0.1) is 0 Å². The first-order valence-corrected chi connectivity index (χ1v) is 14.1. The van der Waals surface area contributed by atoms with Crippen molar-refractivity contribution in [1.29, 1.82) is 0 Å². The van der Waals surface area contributed by atoms with E-state index in [4.69, 9.17) is 0 Å². The molecule has 0 saturated heterocycles. The van der Waals surface area contributed by atoms with Crippen LogP contribution in [0.1, 0.15) is 154 Å². The van der Waals surface area contributed by atoms with E-state index in [9.17, 15) is 5.11 Å². The molecule has 0 unspecified atom stereocenters. The van der Waals surface area contributed by atoms with Crippen LogP contribution in [0.3, 0.4) is 0 Å². The van der Waals surface area contributed by atoms with E-state index in [1.165, 1.54) is 147 Å². The van der Waals surface area contributed by atoms with Gasteiger partial charge in [0.1, 0.15) is 5.75 Å². The van der Waals surface area contributed by atoms with Crippen LogP contribution >= 0.6 is 0 Å². The lowest BCUT2D eigenvalue weighted by atomic mass is 10.0. The lowest BCUT2D eigenvalue weighted by Gasteiger charge is -2.04. The maximum Gasteiger partial charge on any atom is 0.115 e. The summed E-state index contributed by atoms with van der Waals surface area (Å²) in [6, 6.07) is 7.69. The van der Waals surface area contributed by atoms with Crippen LogP contribution in [0.4, 0.5) is 0 Å². The van der Waals surface area contributed by atoms with Gasteiger partial charge in [0.25, 0.3) is 0 Å². The Morgan fingerprint density at radius 3 is 1.03 bits per heavy atom. The molecule has 1 N–H and O–H groups in total. The molecule has 1 aromatic carbocycles. The first-order chi connectivity index (χ1) is 15.3. The number of phenols is 1. The molecule has 0 bridgehead atoms. The molecule has 0 saturated carbocycles. The Bertz CT molecular complexity index is 464. The van der Waals surface area contributed by atoms with Crippen molar-refractivity contribution < 1.29 is 5.11 Å². The third kappa shape index (κ3) is 19.4. The normalized spacial score (nSPS) is 11.3. The zero-order valence-corrected chi connectivity index (χ0v) is 21.0. The Labute approximate surface area is 195 Å². The number of phenolic OH excluding ortho intramolecular Hbond substituents is 1. The fraction of sp³-hybridized carbons (Fsp3) is 0.800. The summed E-state index contributed by atoms with van der Waals surface area (Å²) in [5.74, 6) is 0.373. The lowest BCUT2D eigenvalue weighted by molar-refractivity contribution is 0.475. The van der Waals surface area contributed by atoms with Crippen LogP contribution in [0.15, 0.2) is 24.3 Å². The summed E-state index contributed by atoms with van der Waals surface area (Å²) in [5.41, 5.74) is 1.35. The van der Waals surface area contributed by atoms with Crippen molar-refractivity contribution in [1.82, 2.24) is 0 Å². The van der Waals surface area contributed by atoms with Gasteiger partial charge in [-0.3, -0.25) is 0 Å². The zero-order valence-electron chi connectivity index (χ0n) is 21.0. The zero-order chi connectivity index (χ0) is 22.2. The summed E-state index contributed by atoms with van der Waals surface area (Å²) >= 11 is 0. The van der Waals surface area contributed by atoms with Crippen molar-refractivity contribution in [2.24, 2.45) is 0 Å². The van der Waals surface area contributed by atoms with Crippen LogP contribution in [0.5, 0.6) is 5.75 Å². The lowest BCUT2D eigenvalue weighted by Crippen LogP contribution is -1.86.